The Hall–Kier alpha value is -0.450. The molecule has 96 valence electrons. The Morgan fingerprint density at radius 2 is 2.06 bits per heavy atom. The zero-order valence-electron chi connectivity index (χ0n) is 10.2. The van der Waals surface area contributed by atoms with Crippen molar-refractivity contribution in [1.29, 1.82) is 0 Å². The van der Waals surface area contributed by atoms with E-state index in [9.17, 15) is 9.50 Å². The van der Waals surface area contributed by atoms with Crippen LogP contribution in [0.3, 0.4) is 0 Å². The maximum Gasteiger partial charge on any atom is 0.137 e. The first-order valence-corrected chi connectivity index (χ1v) is 6.58. The fourth-order valence-electron chi connectivity index (χ4n) is 1.93. The Morgan fingerprint density at radius 1 is 1.41 bits per heavy atom. The fraction of sp³-hybridized carbons (Fsp3) is 0.538. The maximum absolute atomic E-state index is 13.1. The van der Waals surface area contributed by atoms with Gasteiger partial charge < -0.3 is 10.8 Å². The lowest BCUT2D eigenvalue weighted by atomic mass is 9.88. The largest absolute Gasteiger partial charge is 0.388 e. The Morgan fingerprint density at radius 3 is 2.53 bits per heavy atom. The number of aliphatic hydroxyl groups excluding tert-OH is 1. The highest BCUT2D eigenvalue weighted by Gasteiger charge is 2.21. The number of aliphatic hydroxyl groups is 1. The number of hydrogen-bond acceptors (Lipinski definition) is 2. The molecule has 0 saturated carbocycles. The first kappa shape index (κ1) is 14.6. The zero-order valence-corrected chi connectivity index (χ0v) is 11.7. The van der Waals surface area contributed by atoms with Crippen LogP contribution in [0.25, 0.3) is 0 Å². The molecule has 2 unspecified atom stereocenters. The first-order chi connectivity index (χ1) is 7.95. The van der Waals surface area contributed by atoms with Crippen molar-refractivity contribution >= 4 is 15.9 Å². The van der Waals surface area contributed by atoms with E-state index in [0.717, 1.165) is 6.42 Å². The van der Waals surface area contributed by atoms with Gasteiger partial charge in [-0.1, -0.05) is 19.9 Å². The smallest absolute Gasteiger partial charge is 0.137 e. The van der Waals surface area contributed by atoms with Crippen LogP contribution in [0.15, 0.2) is 22.7 Å². The van der Waals surface area contributed by atoms with E-state index in [1.54, 1.807) is 12.1 Å². The van der Waals surface area contributed by atoms with Crippen LogP contribution >= 0.6 is 15.9 Å². The highest BCUT2D eigenvalue weighted by atomic mass is 79.9. The molecule has 1 aromatic carbocycles. The second kappa shape index (κ2) is 6.47. The summed E-state index contributed by atoms with van der Waals surface area (Å²) < 4.78 is 13.5. The molecule has 2 nitrogen and oxygen atoms in total. The van der Waals surface area contributed by atoms with Gasteiger partial charge in [-0.15, -0.1) is 0 Å². The summed E-state index contributed by atoms with van der Waals surface area (Å²) in [5, 5.41) is 10.2. The molecular weight excluding hydrogens is 285 g/mol. The average Bonchev–Trinajstić information content (AvgIpc) is 2.28. The van der Waals surface area contributed by atoms with Crippen LogP contribution in [0.2, 0.25) is 0 Å². The molecular formula is C13H19BrFNO. The van der Waals surface area contributed by atoms with Crippen LogP contribution in [0.4, 0.5) is 4.39 Å². The van der Waals surface area contributed by atoms with E-state index in [1.165, 1.54) is 6.07 Å². The van der Waals surface area contributed by atoms with Gasteiger partial charge in [-0.3, -0.25) is 0 Å². The normalized spacial score (nSPS) is 15.0. The van der Waals surface area contributed by atoms with Gasteiger partial charge in [-0.25, -0.2) is 4.39 Å². The third-order valence-corrected chi connectivity index (χ3v) is 3.42. The molecule has 2 atom stereocenters. The molecule has 1 aromatic rings. The van der Waals surface area contributed by atoms with Gasteiger partial charge in [-0.05, 0) is 52.5 Å². The first-order valence-electron chi connectivity index (χ1n) is 5.78. The molecule has 0 heterocycles. The number of hydrogen-bond donors (Lipinski definition) is 2. The molecule has 1 rings (SSSR count). The van der Waals surface area contributed by atoms with Crippen molar-refractivity contribution in [3.63, 3.8) is 0 Å². The van der Waals surface area contributed by atoms with Crippen molar-refractivity contribution in [3.8, 4) is 0 Å². The highest BCUT2D eigenvalue weighted by Crippen LogP contribution is 2.29. The number of nitrogens with two attached hydrogens (primary N) is 1. The Labute approximate surface area is 110 Å². The maximum atomic E-state index is 13.1. The third kappa shape index (κ3) is 4.05. The molecule has 0 bridgehead atoms. The average molecular weight is 304 g/mol. The third-order valence-electron chi connectivity index (χ3n) is 2.81. The second-order valence-electron chi connectivity index (χ2n) is 4.74. The summed E-state index contributed by atoms with van der Waals surface area (Å²) in [5.41, 5.74) is 6.38. The molecule has 0 spiro atoms. The second-order valence-corrected chi connectivity index (χ2v) is 5.60. The van der Waals surface area contributed by atoms with Crippen LogP contribution in [0.1, 0.15) is 31.9 Å². The fourth-order valence-corrected chi connectivity index (χ4v) is 2.32. The molecule has 0 radical (unpaired) electrons. The van der Waals surface area contributed by atoms with Crippen molar-refractivity contribution < 1.29 is 9.50 Å². The van der Waals surface area contributed by atoms with Gasteiger partial charge in [0.2, 0.25) is 0 Å². The van der Waals surface area contributed by atoms with Crippen LogP contribution in [-0.2, 0) is 0 Å². The number of halogens is 2. The Kier molecular flexibility index (Phi) is 5.56. The Bertz CT molecular complexity index is 370. The molecule has 0 aromatic heterocycles. The predicted octanol–water partition coefficient (Wildman–Crippen LogP) is 3.24. The van der Waals surface area contributed by atoms with Crippen LogP contribution < -0.4 is 5.73 Å². The topological polar surface area (TPSA) is 46.2 Å². The van der Waals surface area contributed by atoms with E-state index in [0.29, 0.717) is 22.5 Å². The SMILES string of the molecule is CC(C)CC(CN)C(O)c1ccc(F)c(Br)c1. The highest BCUT2D eigenvalue weighted by molar-refractivity contribution is 9.10. The summed E-state index contributed by atoms with van der Waals surface area (Å²) in [6.45, 7) is 4.61. The van der Waals surface area contributed by atoms with Crippen molar-refractivity contribution in [2.75, 3.05) is 6.54 Å². The van der Waals surface area contributed by atoms with E-state index >= 15 is 0 Å². The summed E-state index contributed by atoms with van der Waals surface area (Å²) in [4.78, 5) is 0. The van der Waals surface area contributed by atoms with Crippen molar-refractivity contribution in [1.82, 2.24) is 0 Å². The molecule has 0 aliphatic heterocycles. The lowest BCUT2D eigenvalue weighted by Crippen LogP contribution is -2.23. The van der Waals surface area contributed by atoms with E-state index in [4.69, 9.17) is 5.73 Å². The van der Waals surface area contributed by atoms with E-state index in [-0.39, 0.29) is 11.7 Å². The zero-order chi connectivity index (χ0) is 13.0. The monoisotopic (exact) mass is 303 g/mol. The van der Waals surface area contributed by atoms with Gasteiger partial charge in [0.05, 0.1) is 10.6 Å². The predicted molar refractivity (Wildman–Crippen MR) is 71.1 cm³/mol. The van der Waals surface area contributed by atoms with Gasteiger partial charge in [0.1, 0.15) is 5.82 Å². The summed E-state index contributed by atoms with van der Waals surface area (Å²) in [7, 11) is 0. The Balaban J connectivity index is 2.85. The summed E-state index contributed by atoms with van der Waals surface area (Å²) in [6, 6.07) is 4.57. The minimum absolute atomic E-state index is 0.00682. The van der Waals surface area contributed by atoms with E-state index in [1.807, 2.05) is 0 Å². The van der Waals surface area contributed by atoms with Gasteiger partial charge in [0, 0.05) is 5.92 Å². The number of rotatable bonds is 5. The van der Waals surface area contributed by atoms with Crippen LogP contribution in [0.5, 0.6) is 0 Å². The van der Waals surface area contributed by atoms with Crippen molar-refractivity contribution in [3.05, 3.63) is 34.1 Å². The molecule has 0 amide bonds. The lowest BCUT2D eigenvalue weighted by molar-refractivity contribution is 0.0993. The lowest BCUT2D eigenvalue weighted by Gasteiger charge is -2.23. The van der Waals surface area contributed by atoms with Gasteiger partial charge in [0.25, 0.3) is 0 Å². The minimum atomic E-state index is -0.640. The minimum Gasteiger partial charge on any atom is -0.388 e. The molecule has 4 heteroatoms. The summed E-state index contributed by atoms with van der Waals surface area (Å²) in [5.74, 6) is 0.156. The van der Waals surface area contributed by atoms with E-state index in [2.05, 4.69) is 29.8 Å². The standard InChI is InChI=1S/C13H19BrFNO/c1-8(2)5-10(7-16)13(17)9-3-4-12(15)11(14)6-9/h3-4,6,8,10,13,17H,5,7,16H2,1-2H3. The van der Waals surface area contributed by atoms with Crippen molar-refractivity contribution in [2.45, 2.75) is 26.4 Å². The molecule has 0 aliphatic carbocycles. The van der Waals surface area contributed by atoms with Gasteiger partial charge in [-0.2, -0.15) is 0 Å². The molecule has 0 saturated heterocycles. The molecule has 0 aliphatic rings. The molecule has 0 fully saturated rings. The van der Waals surface area contributed by atoms with Crippen LogP contribution in [0, 0.1) is 17.7 Å². The molecule has 17 heavy (non-hydrogen) atoms. The quantitative estimate of drug-likeness (QED) is 0.877. The van der Waals surface area contributed by atoms with Gasteiger partial charge in [0.15, 0.2) is 0 Å². The van der Waals surface area contributed by atoms with E-state index < -0.39 is 6.10 Å². The van der Waals surface area contributed by atoms with Crippen LogP contribution in [-0.4, -0.2) is 11.7 Å². The summed E-state index contributed by atoms with van der Waals surface area (Å²) >= 11 is 3.12. The van der Waals surface area contributed by atoms with Crippen molar-refractivity contribution in [2.24, 2.45) is 17.6 Å². The molecule has 3 N–H and O–H groups in total. The number of benzene rings is 1. The van der Waals surface area contributed by atoms with Gasteiger partial charge >= 0.3 is 0 Å². The summed E-state index contributed by atoms with van der Waals surface area (Å²) in [6.07, 6.45) is 0.214.